The molecule has 0 spiro atoms. The summed E-state index contributed by atoms with van der Waals surface area (Å²) in [5.41, 5.74) is 0.778. The molecule has 2 N–H and O–H groups in total. The van der Waals surface area contributed by atoms with Crippen LogP contribution in [0, 0.1) is 0 Å². The molecule has 7 heteroatoms. The van der Waals surface area contributed by atoms with Crippen molar-refractivity contribution in [3.63, 3.8) is 0 Å². The van der Waals surface area contributed by atoms with Crippen molar-refractivity contribution < 1.29 is 9.90 Å². The highest BCUT2D eigenvalue weighted by molar-refractivity contribution is 9.11. The van der Waals surface area contributed by atoms with E-state index in [1.165, 1.54) is 0 Å². The Morgan fingerprint density at radius 2 is 1.67 bits per heavy atom. The summed E-state index contributed by atoms with van der Waals surface area (Å²) >= 11 is 6.81. The van der Waals surface area contributed by atoms with E-state index in [4.69, 9.17) is 5.11 Å². The van der Waals surface area contributed by atoms with Crippen LogP contribution in [0.25, 0.3) is 0 Å². The molecule has 1 aliphatic rings. The second-order valence-corrected chi connectivity index (χ2v) is 6.88. The Kier molecular flexibility index (Phi) is 6.63. The molecule has 0 aliphatic carbocycles. The summed E-state index contributed by atoms with van der Waals surface area (Å²) < 4.78 is 1.84. The number of carbonyl (C=O) groups excluding carboxylic acids is 1. The van der Waals surface area contributed by atoms with Gasteiger partial charge in [0.25, 0.3) is 0 Å². The van der Waals surface area contributed by atoms with Crippen LogP contribution < -0.4 is 5.32 Å². The van der Waals surface area contributed by atoms with Gasteiger partial charge in [-0.2, -0.15) is 0 Å². The smallest absolute Gasteiger partial charge is 0.238 e. The minimum Gasteiger partial charge on any atom is -0.395 e. The Morgan fingerprint density at radius 3 is 2.24 bits per heavy atom. The fourth-order valence-corrected chi connectivity index (χ4v) is 3.64. The molecule has 1 amide bonds. The van der Waals surface area contributed by atoms with Gasteiger partial charge in [-0.05, 0) is 18.2 Å². The number of benzene rings is 1. The lowest BCUT2D eigenvalue weighted by Crippen LogP contribution is -2.49. The van der Waals surface area contributed by atoms with E-state index < -0.39 is 0 Å². The van der Waals surface area contributed by atoms with E-state index in [1.54, 1.807) is 0 Å². The number of aliphatic hydroxyl groups is 1. The molecule has 0 aromatic heterocycles. The van der Waals surface area contributed by atoms with Crippen molar-refractivity contribution in [2.24, 2.45) is 0 Å². The summed E-state index contributed by atoms with van der Waals surface area (Å²) in [5, 5.41) is 11.8. The van der Waals surface area contributed by atoms with Crippen molar-refractivity contribution in [3.8, 4) is 0 Å². The number of rotatable bonds is 5. The summed E-state index contributed by atoms with van der Waals surface area (Å²) in [6, 6.07) is 5.68. The van der Waals surface area contributed by atoms with E-state index in [0.717, 1.165) is 40.8 Å². The van der Waals surface area contributed by atoms with Gasteiger partial charge in [0.15, 0.2) is 0 Å². The molecular formula is C14H19Br2N3O2. The zero-order valence-electron chi connectivity index (χ0n) is 11.7. The normalized spacial score (nSPS) is 16.9. The Balaban J connectivity index is 1.80. The van der Waals surface area contributed by atoms with E-state index in [0.29, 0.717) is 13.1 Å². The number of nitrogens with zero attached hydrogens (tertiary/aromatic N) is 2. The Bertz CT molecular complexity index is 471. The summed E-state index contributed by atoms with van der Waals surface area (Å²) in [6.45, 7) is 4.82. The first-order chi connectivity index (χ1) is 10.1. The molecule has 1 aliphatic heterocycles. The molecule has 0 atom stereocenters. The summed E-state index contributed by atoms with van der Waals surface area (Å²) in [7, 11) is 0. The number of nitrogens with one attached hydrogen (secondary N) is 1. The molecule has 0 unspecified atom stereocenters. The van der Waals surface area contributed by atoms with Crippen LogP contribution in [-0.2, 0) is 4.79 Å². The maximum Gasteiger partial charge on any atom is 0.238 e. The van der Waals surface area contributed by atoms with Gasteiger partial charge in [0.05, 0.1) is 13.2 Å². The lowest BCUT2D eigenvalue weighted by Gasteiger charge is -2.33. The van der Waals surface area contributed by atoms with E-state index in [2.05, 4.69) is 47.0 Å². The first kappa shape index (κ1) is 16.9. The molecule has 2 rings (SSSR count). The third kappa shape index (κ3) is 5.67. The standard InChI is InChI=1S/C14H19Br2N3O2/c15-11-7-12(16)9-13(8-11)17-14(21)10-19-3-1-18(2-4-19)5-6-20/h7-9,20H,1-6,10H2,(H,17,21). The molecule has 0 saturated carbocycles. The lowest BCUT2D eigenvalue weighted by atomic mass is 10.3. The second-order valence-electron chi connectivity index (χ2n) is 5.05. The highest BCUT2D eigenvalue weighted by atomic mass is 79.9. The van der Waals surface area contributed by atoms with Crippen molar-refractivity contribution in [1.29, 1.82) is 0 Å². The minimum atomic E-state index is -0.00407. The van der Waals surface area contributed by atoms with Crippen molar-refractivity contribution in [2.75, 3.05) is 51.2 Å². The first-order valence-corrected chi connectivity index (χ1v) is 8.47. The zero-order chi connectivity index (χ0) is 15.2. The molecular weight excluding hydrogens is 402 g/mol. The van der Waals surface area contributed by atoms with Crippen molar-refractivity contribution in [2.45, 2.75) is 0 Å². The van der Waals surface area contributed by atoms with Gasteiger partial charge in [-0.3, -0.25) is 14.6 Å². The quantitative estimate of drug-likeness (QED) is 0.762. The van der Waals surface area contributed by atoms with Crippen LogP contribution in [0.3, 0.4) is 0 Å². The highest BCUT2D eigenvalue weighted by Crippen LogP contribution is 2.23. The van der Waals surface area contributed by atoms with E-state index in [1.807, 2.05) is 18.2 Å². The number of hydrogen-bond acceptors (Lipinski definition) is 4. The molecule has 0 bridgehead atoms. The van der Waals surface area contributed by atoms with Crippen LogP contribution in [0.1, 0.15) is 0 Å². The van der Waals surface area contributed by atoms with Crippen molar-refractivity contribution in [3.05, 3.63) is 27.1 Å². The number of piperazine rings is 1. The average Bonchev–Trinajstić information content (AvgIpc) is 2.40. The van der Waals surface area contributed by atoms with Gasteiger partial charge in [0.1, 0.15) is 0 Å². The molecule has 21 heavy (non-hydrogen) atoms. The summed E-state index contributed by atoms with van der Waals surface area (Å²) in [4.78, 5) is 16.4. The molecule has 1 heterocycles. The second kappa shape index (κ2) is 8.24. The molecule has 1 fully saturated rings. The van der Waals surface area contributed by atoms with Crippen LogP contribution in [0.5, 0.6) is 0 Å². The molecule has 5 nitrogen and oxygen atoms in total. The van der Waals surface area contributed by atoms with Gasteiger partial charge in [-0.25, -0.2) is 0 Å². The predicted molar refractivity (Wildman–Crippen MR) is 90.4 cm³/mol. The zero-order valence-corrected chi connectivity index (χ0v) is 14.9. The molecule has 1 aromatic rings. The summed E-state index contributed by atoms with van der Waals surface area (Å²) in [6.07, 6.45) is 0. The van der Waals surface area contributed by atoms with Gasteiger partial charge in [0.2, 0.25) is 5.91 Å². The average molecular weight is 421 g/mol. The third-order valence-electron chi connectivity index (χ3n) is 3.39. The van der Waals surface area contributed by atoms with Gasteiger partial charge in [-0.1, -0.05) is 31.9 Å². The lowest BCUT2D eigenvalue weighted by molar-refractivity contribution is -0.117. The number of hydrogen-bond donors (Lipinski definition) is 2. The van der Waals surface area contributed by atoms with Crippen LogP contribution in [-0.4, -0.2) is 66.7 Å². The SMILES string of the molecule is O=C(CN1CCN(CCO)CC1)Nc1cc(Br)cc(Br)c1. The minimum absolute atomic E-state index is 0.00407. The molecule has 1 aromatic carbocycles. The first-order valence-electron chi connectivity index (χ1n) is 6.88. The number of carbonyl (C=O) groups is 1. The van der Waals surface area contributed by atoms with Gasteiger partial charge < -0.3 is 10.4 Å². The maximum absolute atomic E-state index is 12.1. The number of amides is 1. The van der Waals surface area contributed by atoms with Gasteiger partial charge >= 0.3 is 0 Å². The number of aliphatic hydroxyl groups excluding tert-OH is 1. The molecule has 116 valence electrons. The molecule has 0 radical (unpaired) electrons. The Morgan fingerprint density at radius 1 is 1.10 bits per heavy atom. The highest BCUT2D eigenvalue weighted by Gasteiger charge is 2.18. The van der Waals surface area contributed by atoms with E-state index in [-0.39, 0.29) is 12.5 Å². The number of halogens is 2. The topological polar surface area (TPSA) is 55.8 Å². The van der Waals surface area contributed by atoms with Crippen molar-refractivity contribution in [1.82, 2.24) is 9.80 Å². The van der Waals surface area contributed by atoms with E-state index >= 15 is 0 Å². The largest absolute Gasteiger partial charge is 0.395 e. The summed E-state index contributed by atoms with van der Waals surface area (Å²) in [5.74, 6) is -0.00407. The van der Waals surface area contributed by atoms with Crippen LogP contribution >= 0.6 is 31.9 Å². The number of β-amino-alcohol motifs (C(OH)–C–C–N with tert-alkyl or cyclic N) is 1. The van der Waals surface area contributed by atoms with E-state index in [9.17, 15) is 4.79 Å². The van der Waals surface area contributed by atoms with Crippen LogP contribution in [0.2, 0.25) is 0 Å². The fourth-order valence-electron chi connectivity index (χ4n) is 2.34. The monoisotopic (exact) mass is 419 g/mol. The Hall–Kier alpha value is -0.470. The number of anilines is 1. The maximum atomic E-state index is 12.1. The third-order valence-corrected chi connectivity index (χ3v) is 4.31. The van der Waals surface area contributed by atoms with Gasteiger partial charge in [0, 0.05) is 47.4 Å². The fraction of sp³-hybridized carbons (Fsp3) is 0.500. The predicted octanol–water partition coefficient (Wildman–Crippen LogP) is 1.76. The molecule has 1 saturated heterocycles. The Labute approximate surface area is 141 Å². The van der Waals surface area contributed by atoms with Gasteiger partial charge in [-0.15, -0.1) is 0 Å². The van der Waals surface area contributed by atoms with Crippen molar-refractivity contribution >= 4 is 43.5 Å². The van der Waals surface area contributed by atoms with Crippen LogP contribution in [0.4, 0.5) is 5.69 Å². The van der Waals surface area contributed by atoms with Crippen LogP contribution in [0.15, 0.2) is 27.1 Å².